The summed E-state index contributed by atoms with van der Waals surface area (Å²) in [7, 11) is 1.83. The molecule has 0 aliphatic rings. The quantitative estimate of drug-likeness (QED) is 0.590. The molecule has 2 aromatic heterocycles. The number of ether oxygens (including phenoxy) is 1. The van der Waals surface area contributed by atoms with Crippen LogP contribution < -0.4 is 10.1 Å². The van der Waals surface area contributed by atoms with E-state index < -0.39 is 0 Å². The Labute approximate surface area is 156 Å². The second-order valence-electron chi connectivity index (χ2n) is 6.20. The van der Waals surface area contributed by atoms with Crippen LogP contribution in [-0.2, 0) is 7.05 Å². The van der Waals surface area contributed by atoms with Gasteiger partial charge in [0.25, 0.3) is 5.91 Å². The highest BCUT2D eigenvalue weighted by atomic mass is 16.5. The fourth-order valence-corrected chi connectivity index (χ4v) is 2.90. The summed E-state index contributed by atoms with van der Waals surface area (Å²) in [6.45, 7) is 1.90. The van der Waals surface area contributed by atoms with Crippen LogP contribution in [0.5, 0.6) is 11.5 Å². The van der Waals surface area contributed by atoms with Gasteiger partial charge >= 0.3 is 0 Å². The molecule has 0 bridgehead atoms. The van der Waals surface area contributed by atoms with Gasteiger partial charge in [0, 0.05) is 30.4 Å². The number of carbonyl (C=O) groups excluding carboxylic acids is 1. The molecular weight excluding hydrogens is 340 g/mol. The number of hydrogen-bond acceptors (Lipinski definition) is 4. The highest BCUT2D eigenvalue weighted by Gasteiger charge is 2.12. The number of carbonyl (C=O) groups is 1. The lowest BCUT2D eigenvalue weighted by Gasteiger charge is -2.09. The number of benzene rings is 2. The third-order valence-corrected chi connectivity index (χ3v) is 4.20. The van der Waals surface area contributed by atoms with Gasteiger partial charge in [0.2, 0.25) is 0 Å². The van der Waals surface area contributed by atoms with E-state index in [4.69, 9.17) is 4.74 Å². The molecule has 4 rings (SSSR count). The maximum atomic E-state index is 12.6. The predicted octanol–water partition coefficient (Wildman–Crippen LogP) is 4.32. The molecule has 2 aromatic carbocycles. The zero-order valence-electron chi connectivity index (χ0n) is 15.0. The van der Waals surface area contributed by atoms with E-state index in [1.165, 1.54) is 0 Å². The van der Waals surface area contributed by atoms with Crippen molar-refractivity contribution in [1.82, 2.24) is 14.8 Å². The van der Waals surface area contributed by atoms with Gasteiger partial charge in [-0.25, -0.2) is 4.98 Å². The van der Waals surface area contributed by atoms with Crippen molar-refractivity contribution >= 4 is 22.6 Å². The number of para-hydroxylation sites is 1. The first-order valence-corrected chi connectivity index (χ1v) is 8.54. The van der Waals surface area contributed by atoms with Crippen molar-refractivity contribution in [2.75, 3.05) is 5.32 Å². The number of aryl methyl sites for hydroxylation is 2. The van der Waals surface area contributed by atoms with Crippen LogP contribution >= 0.6 is 0 Å². The van der Waals surface area contributed by atoms with Gasteiger partial charge in [0.15, 0.2) is 5.65 Å². The fraction of sp³-hybridized carbons (Fsp3) is 0.0952. The van der Waals surface area contributed by atoms with E-state index >= 15 is 0 Å². The molecular formula is C21H18N4O2. The van der Waals surface area contributed by atoms with E-state index in [1.54, 1.807) is 16.9 Å². The third kappa shape index (κ3) is 3.50. The number of anilines is 1. The van der Waals surface area contributed by atoms with Crippen molar-refractivity contribution in [2.24, 2.45) is 7.05 Å². The average Bonchev–Trinajstić information content (AvgIpc) is 2.96. The molecule has 2 heterocycles. The van der Waals surface area contributed by atoms with Crippen molar-refractivity contribution in [2.45, 2.75) is 6.92 Å². The molecule has 0 saturated heterocycles. The van der Waals surface area contributed by atoms with E-state index in [-0.39, 0.29) is 5.91 Å². The Hall–Kier alpha value is -3.67. The van der Waals surface area contributed by atoms with Crippen molar-refractivity contribution < 1.29 is 9.53 Å². The third-order valence-electron chi connectivity index (χ3n) is 4.20. The molecule has 0 radical (unpaired) electrons. The second-order valence-corrected chi connectivity index (χ2v) is 6.20. The van der Waals surface area contributed by atoms with Crippen LogP contribution in [0.3, 0.4) is 0 Å². The van der Waals surface area contributed by atoms with Crippen LogP contribution in [0.2, 0.25) is 0 Å². The summed E-state index contributed by atoms with van der Waals surface area (Å²) in [4.78, 5) is 17.0. The van der Waals surface area contributed by atoms with E-state index in [9.17, 15) is 4.79 Å². The number of hydrogen-bond donors (Lipinski definition) is 1. The van der Waals surface area contributed by atoms with Crippen LogP contribution in [0.15, 0.2) is 66.9 Å². The molecule has 0 atom stereocenters. The molecule has 0 aliphatic heterocycles. The molecule has 6 nitrogen and oxygen atoms in total. The largest absolute Gasteiger partial charge is 0.457 e. The first-order valence-electron chi connectivity index (χ1n) is 8.54. The molecule has 0 fully saturated rings. The fourth-order valence-electron chi connectivity index (χ4n) is 2.90. The Bertz CT molecular complexity index is 1120. The molecule has 0 saturated carbocycles. The zero-order chi connectivity index (χ0) is 18.8. The Balaban J connectivity index is 1.54. The number of nitrogens with one attached hydrogen (secondary N) is 1. The maximum Gasteiger partial charge on any atom is 0.257 e. The number of fused-ring (bicyclic) bond motifs is 1. The Morgan fingerprint density at radius 2 is 1.81 bits per heavy atom. The van der Waals surface area contributed by atoms with Crippen molar-refractivity contribution in [3.05, 3.63) is 78.1 Å². The van der Waals surface area contributed by atoms with E-state index in [0.717, 1.165) is 22.5 Å². The SMILES string of the molecule is Cc1nn(C)c2ncc(C(=O)Nc3cccc(Oc4ccccc4)c3)cc12. The highest BCUT2D eigenvalue weighted by molar-refractivity contribution is 6.05. The van der Waals surface area contributed by atoms with E-state index in [1.807, 2.05) is 68.6 Å². The molecule has 1 N–H and O–H groups in total. The number of rotatable bonds is 4. The van der Waals surface area contributed by atoms with Crippen LogP contribution in [0.4, 0.5) is 5.69 Å². The van der Waals surface area contributed by atoms with Gasteiger partial charge in [0.05, 0.1) is 11.3 Å². The molecule has 1 amide bonds. The predicted molar refractivity (Wildman–Crippen MR) is 104 cm³/mol. The molecule has 0 aliphatic carbocycles. The topological polar surface area (TPSA) is 69.0 Å². The van der Waals surface area contributed by atoms with Crippen LogP contribution in [-0.4, -0.2) is 20.7 Å². The van der Waals surface area contributed by atoms with Crippen LogP contribution in [0, 0.1) is 6.92 Å². The summed E-state index contributed by atoms with van der Waals surface area (Å²) < 4.78 is 7.51. The minimum absolute atomic E-state index is 0.232. The van der Waals surface area contributed by atoms with Gasteiger partial charge in [-0.2, -0.15) is 5.10 Å². The minimum Gasteiger partial charge on any atom is -0.457 e. The van der Waals surface area contributed by atoms with E-state index in [2.05, 4.69) is 15.4 Å². The Kier molecular flexibility index (Phi) is 4.30. The molecule has 134 valence electrons. The van der Waals surface area contributed by atoms with Gasteiger partial charge < -0.3 is 10.1 Å². The summed E-state index contributed by atoms with van der Waals surface area (Å²) in [5.74, 6) is 1.16. The molecule has 6 heteroatoms. The lowest BCUT2D eigenvalue weighted by atomic mass is 10.2. The minimum atomic E-state index is -0.232. The average molecular weight is 358 g/mol. The molecule has 0 unspecified atom stereocenters. The summed E-state index contributed by atoms with van der Waals surface area (Å²) in [5, 5.41) is 8.09. The number of nitrogens with zero attached hydrogens (tertiary/aromatic N) is 3. The van der Waals surface area contributed by atoms with Crippen LogP contribution in [0.25, 0.3) is 11.0 Å². The van der Waals surface area contributed by atoms with Crippen LogP contribution in [0.1, 0.15) is 16.1 Å². The van der Waals surface area contributed by atoms with Crippen molar-refractivity contribution in [1.29, 1.82) is 0 Å². The second kappa shape index (κ2) is 6.92. The smallest absolute Gasteiger partial charge is 0.257 e. The normalized spacial score (nSPS) is 10.7. The van der Waals surface area contributed by atoms with Gasteiger partial charge in [-0.15, -0.1) is 0 Å². The summed E-state index contributed by atoms with van der Waals surface area (Å²) in [6, 6.07) is 18.6. The van der Waals surface area contributed by atoms with Crippen molar-refractivity contribution in [3.63, 3.8) is 0 Å². The maximum absolute atomic E-state index is 12.6. The first kappa shape index (κ1) is 16.8. The van der Waals surface area contributed by atoms with Gasteiger partial charge in [-0.1, -0.05) is 24.3 Å². The van der Waals surface area contributed by atoms with E-state index in [0.29, 0.717) is 17.0 Å². The highest BCUT2D eigenvalue weighted by Crippen LogP contribution is 2.24. The first-order chi connectivity index (χ1) is 13.1. The van der Waals surface area contributed by atoms with Gasteiger partial charge in [0.1, 0.15) is 11.5 Å². The number of aromatic nitrogens is 3. The lowest BCUT2D eigenvalue weighted by molar-refractivity contribution is 0.102. The standard InChI is InChI=1S/C21H18N4O2/c1-14-19-11-15(13-22-20(19)25(2)24-14)21(26)23-16-7-6-10-18(12-16)27-17-8-4-3-5-9-17/h3-13H,1-2H3,(H,23,26). The zero-order valence-corrected chi connectivity index (χ0v) is 15.0. The molecule has 4 aromatic rings. The summed E-state index contributed by atoms with van der Waals surface area (Å²) in [6.07, 6.45) is 1.56. The Morgan fingerprint density at radius 3 is 2.63 bits per heavy atom. The monoisotopic (exact) mass is 358 g/mol. The summed E-state index contributed by atoms with van der Waals surface area (Å²) >= 11 is 0. The molecule has 0 spiro atoms. The number of amides is 1. The summed E-state index contributed by atoms with van der Waals surface area (Å²) in [5.41, 5.74) is 2.72. The Morgan fingerprint density at radius 1 is 1.04 bits per heavy atom. The molecule has 27 heavy (non-hydrogen) atoms. The van der Waals surface area contributed by atoms with Gasteiger partial charge in [-0.3, -0.25) is 9.48 Å². The number of pyridine rings is 1. The van der Waals surface area contributed by atoms with Crippen molar-refractivity contribution in [3.8, 4) is 11.5 Å². The van der Waals surface area contributed by atoms with Gasteiger partial charge in [-0.05, 0) is 37.3 Å². The lowest BCUT2D eigenvalue weighted by Crippen LogP contribution is -2.12.